The summed E-state index contributed by atoms with van der Waals surface area (Å²) in [6, 6.07) is 26.6. The SMILES string of the molecule is CCCCOc1ccc(C=NNC(=O)c2ccc(CN3C(=O)c4cccc5cccc3c45)cc2)cc1. The first-order chi connectivity index (χ1) is 17.6. The third kappa shape index (κ3) is 4.84. The summed E-state index contributed by atoms with van der Waals surface area (Å²) >= 11 is 0. The first-order valence-corrected chi connectivity index (χ1v) is 12.1. The van der Waals surface area contributed by atoms with Crippen molar-refractivity contribution >= 4 is 34.5 Å². The highest BCUT2D eigenvalue weighted by Gasteiger charge is 2.29. The molecule has 4 aromatic rings. The Balaban J connectivity index is 1.19. The number of hydrogen-bond acceptors (Lipinski definition) is 4. The van der Waals surface area contributed by atoms with Gasteiger partial charge in [0.2, 0.25) is 0 Å². The number of rotatable bonds is 9. The predicted octanol–water partition coefficient (Wildman–Crippen LogP) is 5.94. The van der Waals surface area contributed by atoms with Crippen LogP contribution in [0.4, 0.5) is 5.69 Å². The molecule has 0 atom stereocenters. The van der Waals surface area contributed by atoms with Gasteiger partial charge in [-0.1, -0.05) is 49.7 Å². The van der Waals surface area contributed by atoms with Gasteiger partial charge in [0.15, 0.2) is 0 Å². The van der Waals surface area contributed by atoms with Crippen LogP contribution in [0.1, 0.15) is 51.6 Å². The fourth-order valence-electron chi connectivity index (χ4n) is 4.29. The number of benzene rings is 4. The average Bonchev–Trinajstić information content (AvgIpc) is 3.18. The van der Waals surface area contributed by atoms with Crippen molar-refractivity contribution < 1.29 is 14.3 Å². The molecular weight excluding hydrogens is 450 g/mol. The number of carbonyl (C=O) groups is 2. The Morgan fingerprint density at radius 2 is 1.72 bits per heavy atom. The lowest BCUT2D eigenvalue weighted by molar-refractivity contribution is 0.0953. The van der Waals surface area contributed by atoms with Crippen LogP contribution in [0, 0.1) is 0 Å². The Kier molecular flexibility index (Phi) is 6.76. The summed E-state index contributed by atoms with van der Waals surface area (Å²) in [6.07, 6.45) is 3.72. The highest BCUT2D eigenvalue weighted by molar-refractivity contribution is 6.24. The van der Waals surface area contributed by atoms with Crippen LogP contribution in [0.25, 0.3) is 10.8 Å². The van der Waals surface area contributed by atoms with Crippen molar-refractivity contribution in [3.63, 3.8) is 0 Å². The quantitative estimate of drug-likeness (QED) is 0.184. The third-order valence-electron chi connectivity index (χ3n) is 6.23. The van der Waals surface area contributed by atoms with Gasteiger partial charge in [-0.15, -0.1) is 0 Å². The van der Waals surface area contributed by atoms with Crippen LogP contribution in [0.3, 0.4) is 0 Å². The minimum atomic E-state index is -0.299. The van der Waals surface area contributed by atoms with Crippen LogP contribution < -0.4 is 15.1 Å². The van der Waals surface area contributed by atoms with Gasteiger partial charge in [0.1, 0.15) is 5.75 Å². The van der Waals surface area contributed by atoms with E-state index in [2.05, 4.69) is 17.5 Å². The number of nitrogens with zero attached hydrogens (tertiary/aromatic N) is 2. The summed E-state index contributed by atoms with van der Waals surface area (Å²) in [5.41, 5.74) is 6.51. The van der Waals surface area contributed by atoms with Crippen molar-refractivity contribution in [3.8, 4) is 5.75 Å². The van der Waals surface area contributed by atoms with E-state index in [9.17, 15) is 9.59 Å². The molecule has 0 bridgehead atoms. The summed E-state index contributed by atoms with van der Waals surface area (Å²) in [5, 5.41) is 6.12. The lowest BCUT2D eigenvalue weighted by Gasteiger charge is -2.18. The Morgan fingerprint density at radius 1 is 0.972 bits per heavy atom. The second kappa shape index (κ2) is 10.4. The maximum absolute atomic E-state index is 13.0. The molecule has 2 amide bonds. The first kappa shape index (κ1) is 23.3. The molecule has 1 aliphatic rings. The number of nitrogens with one attached hydrogen (secondary N) is 1. The highest BCUT2D eigenvalue weighted by atomic mass is 16.5. The standard InChI is InChI=1S/C30H27N3O3/c1-2-3-18-36-25-16-12-21(13-17-25)19-31-32-29(34)24-14-10-22(11-15-24)20-33-27-9-5-7-23-6-4-8-26(28(23)27)30(33)35/h4-17,19H,2-3,18,20H2,1H3,(H,32,34). The Labute approximate surface area is 210 Å². The number of anilines is 1. The Hall–Kier alpha value is -4.45. The van der Waals surface area contributed by atoms with Crippen molar-refractivity contribution in [1.82, 2.24) is 5.43 Å². The topological polar surface area (TPSA) is 71.0 Å². The monoisotopic (exact) mass is 477 g/mol. The maximum Gasteiger partial charge on any atom is 0.271 e. The van der Waals surface area contributed by atoms with Crippen LogP contribution >= 0.6 is 0 Å². The zero-order valence-corrected chi connectivity index (χ0v) is 20.1. The lowest BCUT2D eigenvalue weighted by Crippen LogP contribution is -2.26. The molecule has 0 aromatic heterocycles. The van der Waals surface area contributed by atoms with Crippen molar-refractivity contribution in [3.05, 3.63) is 107 Å². The van der Waals surface area contributed by atoms with E-state index < -0.39 is 0 Å². The molecule has 1 heterocycles. The number of carbonyl (C=O) groups excluding carboxylic acids is 2. The van der Waals surface area contributed by atoms with E-state index in [1.165, 1.54) is 0 Å². The average molecular weight is 478 g/mol. The Morgan fingerprint density at radius 3 is 2.47 bits per heavy atom. The van der Waals surface area contributed by atoms with E-state index in [0.29, 0.717) is 18.7 Å². The molecule has 0 fully saturated rings. The van der Waals surface area contributed by atoms with Crippen LogP contribution in [0.2, 0.25) is 0 Å². The number of ether oxygens (including phenoxy) is 1. The van der Waals surface area contributed by atoms with Gasteiger partial charge in [-0.05, 0) is 71.5 Å². The van der Waals surface area contributed by atoms with E-state index in [-0.39, 0.29) is 11.8 Å². The molecule has 0 radical (unpaired) electrons. The summed E-state index contributed by atoms with van der Waals surface area (Å²) in [5.74, 6) is 0.520. The van der Waals surface area contributed by atoms with Crippen LogP contribution in [-0.4, -0.2) is 24.6 Å². The molecule has 0 saturated heterocycles. The summed E-state index contributed by atoms with van der Waals surface area (Å²) in [7, 11) is 0. The summed E-state index contributed by atoms with van der Waals surface area (Å²) in [6.45, 7) is 3.27. The summed E-state index contributed by atoms with van der Waals surface area (Å²) < 4.78 is 5.65. The van der Waals surface area contributed by atoms with Crippen molar-refractivity contribution in [2.24, 2.45) is 5.10 Å². The molecule has 4 aromatic carbocycles. The molecule has 0 aliphatic carbocycles. The zero-order chi connectivity index (χ0) is 24.9. The van der Waals surface area contributed by atoms with E-state index in [1.54, 1.807) is 23.2 Å². The van der Waals surface area contributed by atoms with E-state index in [0.717, 1.165) is 51.7 Å². The molecule has 0 spiro atoms. The number of hydrazone groups is 1. The molecule has 5 rings (SSSR count). The van der Waals surface area contributed by atoms with Gasteiger partial charge >= 0.3 is 0 Å². The maximum atomic E-state index is 13.0. The van der Waals surface area contributed by atoms with Gasteiger partial charge in [-0.3, -0.25) is 9.59 Å². The smallest absolute Gasteiger partial charge is 0.271 e. The van der Waals surface area contributed by atoms with Gasteiger partial charge in [0.25, 0.3) is 11.8 Å². The van der Waals surface area contributed by atoms with Crippen LogP contribution in [0.5, 0.6) is 5.75 Å². The molecule has 0 unspecified atom stereocenters. The molecule has 1 N–H and O–H groups in total. The Bertz CT molecular complexity index is 1420. The number of amides is 2. The molecular formula is C30H27N3O3. The van der Waals surface area contributed by atoms with Crippen molar-refractivity contribution in [2.45, 2.75) is 26.3 Å². The van der Waals surface area contributed by atoms with Gasteiger partial charge in [0, 0.05) is 16.5 Å². The first-order valence-electron chi connectivity index (χ1n) is 12.1. The largest absolute Gasteiger partial charge is 0.494 e. The molecule has 0 saturated carbocycles. The van der Waals surface area contributed by atoms with Crippen molar-refractivity contribution in [2.75, 3.05) is 11.5 Å². The van der Waals surface area contributed by atoms with Crippen LogP contribution in [-0.2, 0) is 6.54 Å². The fraction of sp³-hybridized carbons (Fsp3) is 0.167. The van der Waals surface area contributed by atoms with Gasteiger partial charge < -0.3 is 9.64 Å². The second-order valence-corrected chi connectivity index (χ2v) is 8.74. The number of hydrogen-bond donors (Lipinski definition) is 1. The van der Waals surface area contributed by atoms with E-state index >= 15 is 0 Å². The van der Waals surface area contributed by atoms with Gasteiger partial charge in [-0.25, -0.2) is 5.43 Å². The normalized spacial score (nSPS) is 12.5. The molecule has 6 nitrogen and oxygen atoms in total. The fourth-order valence-corrected chi connectivity index (χ4v) is 4.29. The van der Waals surface area contributed by atoms with Gasteiger partial charge in [0.05, 0.1) is 25.1 Å². The minimum absolute atomic E-state index is 0.00138. The molecule has 180 valence electrons. The van der Waals surface area contributed by atoms with E-state index in [1.807, 2.05) is 72.8 Å². The highest BCUT2D eigenvalue weighted by Crippen LogP contribution is 2.37. The lowest BCUT2D eigenvalue weighted by atomic mass is 10.1. The minimum Gasteiger partial charge on any atom is -0.494 e. The predicted molar refractivity (Wildman–Crippen MR) is 143 cm³/mol. The van der Waals surface area contributed by atoms with Crippen molar-refractivity contribution in [1.29, 1.82) is 0 Å². The molecule has 6 heteroatoms. The third-order valence-corrected chi connectivity index (χ3v) is 6.23. The van der Waals surface area contributed by atoms with Crippen LogP contribution in [0.15, 0.2) is 90.0 Å². The van der Waals surface area contributed by atoms with E-state index in [4.69, 9.17) is 4.74 Å². The molecule has 36 heavy (non-hydrogen) atoms. The number of unbranched alkanes of at least 4 members (excludes halogenated alkanes) is 1. The zero-order valence-electron chi connectivity index (χ0n) is 20.1. The van der Waals surface area contributed by atoms with Gasteiger partial charge in [-0.2, -0.15) is 5.10 Å². The second-order valence-electron chi connectivity index (χ2n) is 8.74. The molecule has 1 aliphatic heterocycles. The summed E-state index contributed by atoms with van der Waals surface area (Å²) in [4.78, 5) is 27.3.